The Morgan fingerprint density at radius 1 is 0.708 bits per heavy atom. The molecule has 4 aliphatic rings. The number of aliphatic imine (C=N–C) groups is 2. The van der Waals surface area contributed by atoms with Crippen LogP contribution in [0.15, 0.2) is 149 Å². The van der Waals surface area contributed by atoms with Crippen molar-refractivity contribution in [2.75, 3.05) is 0 Å². The summed E-state index contributed by atoms with van der Waals surface area (Å²) >= 11 is 0. The fraction of sp³-hybridized carbons (Fsp3) is 0.203. The standard InChI is InChI=1S/C59H50N6/c1-34-16-22-50-43(26-34)44-27-35(2)17-23-51(44)64(50)54-32-55(65-52-24-18-36(3)28-45(52)46-29-37(4)19-25-53(46)65)47(30-40(54)33-60)58-62-56(38-12-8-7-9-13-38)61-57(63-58)39-20-21-42-41-14-10-11-15-48(41)59(5,6)49(42)31-39/h7-9,12-26,28-32,35,58H,10-11,27H2,1-6H3,(H,61,62,63). The normalized spacial score (nSPS) is 18.4. The van der Waals surface area contributed by atoms with Crippen molar-refractivity contribution in [3.8, 4) is 17.4 Å². The average molecular weight is 843 g/mol. The number of fused-ring (bicyclic) bond motifs is 9. The first kappa shape index (κ1) is 39.1. The molecular weight excluding hydrogens is 793 g/mol. The van der Waals surface area contributed by atoms with Crippen LogP contribution in [0, 0.1) is 38.0 Å². The van der Waals surface area contributed by atoms with E-state index in [2.05, 4.69) is 183 Å². The summed E-state index contributed by atoms with van der Waals surface area (Å²) in [5, 5.41) is 18.8. The smallest absolute Gasteiger partial charge is 0.159 e. The Balaban J connectivity index is 1.13. The predicted octanol–water partition coefficient (Wildman–Crippen LogP) is 13.6. The van der Waals surface area contributed by atoms with Crippen molar-refractivity contribution in [3.63, 3.8) is 0 Å². The number of allylic oxidation sites excluding steroid dienone is 5. The minimum absolute atomic E-state index is 0.131. The quantitative estimate of drug-likeness (QED) is 0.187. The van der Waals surface area contributed by atoms with Crippen LogP contribution in [0.1, 0.15) is 101 Å². The second-order valence-electron chi connectivity index (χ2n) is 19.2. The van der Waals surface area contributed by atoms with Gasteiger partial charge in [-0.2, -0.15) is 5.26 Å². The third-order valence-corrected chi connectivity index (χ3v) is 14.4. The lowest BCUT2D eigenvalue weighted by molar-refractivity contribution is 0.653. The molecule has 0 spiro atoms. The first-order valence-electron chi connectivity index (χ1n) is 23.0. The summed E-state index contributed by atoms with van der Waals surface area (Å²) in [4.78, 5) is 10.8. The maximum atomic E-state index is 11.3. The van der Waals surface area contributed by atoms with Crippen LogP contribution in [0.2, 0.25) is 0 Å². The molecule has 0 amide bonds. The number of benzene rings is 6. The summed E-state index contributed by atoms with van der Waals surface area (Å²) in [5.41, 5.74) is 19.9. The highest BCUT2D eigenvalue weighted by molar-refractivity contribution is 6.14. The number of amidine groups is 2. The largest absolute Gasteiger partial charge is 0.344 e. The van der Waals surface area contributed by atoms with Crippen LogP contribution in [0.25, 0.3) is 55.7 Å². The molecule has 1 aliphatic heterocycles. The van der Waals surface area contributed by atoms with E-state index >= 15 is 0 Å². The SMILES string of the molecule is Cc1ccc2c(c1)c1c(n2-c2cc(-n3c4ccc(C)cc4c4cc(C)ccc43)c(C3N=C(c4ccccc4)N=C(c4ccc5c(c4)C(C)(C)C4=CCCC=C45)N3)cc2C#N)C=CC(C)C1. The number of aryl methyl sites for hydroxylation is 3. The molecular formula is C59H50N6. The molecule has 6 heteroatoms. The molecule has 8 aromatic rings. The van der Waals surface area contributed by atoms with Crippen LogP contribution in [-0.2, 0) is 11.8 Å². The van der Waals surface area contributed by atoms with E-state index < -0.39 is 6.17 Å². The molecule has 6 nitrogen and oxygen atoms in total. The van der Waals surface area contributed by atoms with E-state index in [4.69, 9.17) is 9.98 Å². The van der Waals surface area contributed by atoms with Crippen molar-refractivity contribution < 1.29 is 0 Å². The third-order valence-electron chi connectivity index (χ3n) is 14.4. The van der Waals surface area contributed by atoms with Gasteiger partial charge in [0.05, 0.1) is 33.5 Å². The van der Waals surface area contributed by atoms with Crippen LogP contribution in [0.5, 0.6) is 0 Å². The van der Waals surface area contributed by atoms with E-state index in [0.29, 0.717) is 17.3 Å². The van der Waals surface area contributed by atoms with Gasteiger partial charge >= 0.3 is 0 Å². The van der Waals surface area contributed by atoms with Crippen LogP contribution in [0.4, 0.5) is 0 Å². The van der Waals surface area contributed by atoms with Gasteiger partial charge in [-0.15, -0.1) is 0 Å². The molecule has 3 aliphatic carbocycles. The van der Waals surface area contributed by atoms with Crippen LogP contribution in [0.3, 0.4) is 0 Å². The second kappa shape index (κ2) is 14.5. The van der Waals surface area contributed by atoms with E-state index in [1.807, 2.05) is 18.2 Å². The fourth-order valence-corrected chi connectivity index (χ4v) is 11.2. The molecule has 0 fully saturated rings. The Morgan fingerprint density at radius 2 is 1.38 bits per heavy atom. The first-order valence-corrected chi connectivity index (χ1v) is 23.0. The van der Waals surface area contributed by atoms with E-state index in [1.54, 1.807) is 0 Å². The number of aromatic nitrogens is 2. The molecule has 0 saturated heterocycles. The maximum Gasteiger partial charge on any atom is 0.159 e. The topological polar surface area (TPSA) is 70.4 Å². The van der Waals surface area contributed by atoms with Crippen molar-refractivity contribution in [1.29, 1.82) is 5.26 Å². The molecule has 0 radical (unpaired) electrons. The van der Waals surface area contributed by atoms with Gasteiger partial charge < -0.3 is 14.5 Å². The van der Waals surface area contributed by atoms with Gasteiger partial charge in [-0.05, 0) is 134 Å². The molecule has 3 heterocycles. The Morgan fingerprint density at radius 3 is 2.09 bits per heavy atom. The van der Waals surface area contributed by atoms with E-state index in [0.717, 1.165) is 75.4 Å². The monoisotopic (exact) mass is 842 g/mol. The van der Waals surface area contributed by atoms with Crippen LogP contribution < -0.4 is 5.32 Å². The van der Waals surface area contributed by atoms with Gasteiger partial charge in [-0.25, -0.2) is 9.98 Å². The molecule has 0 saturated carbocycles. The van der Waals surface area contributed by atoms with Crippen LogP contribution in [-0.4, -0.2) is 20.8 Å². The highest BCUT2D eigenvalue weighted by atomic mass is 15.2. The second-order valence-corrected chi connectivity index (χ2v) is 19.2. The summed E-state index contributed by atoms with van der Waals surface area (Å²) in [6.45, 7) is 13.5. The van der Waals surface area contributed by atoms with Crippen molar-refractivity contribution in [1.82, 2.24) is 14.5 Å². The third kappa shape index (κ3) is 6.06. The zero-order valence-corrected chi connectivity index (χ0v) is 37.8. The fourth-order valence-electron chi connectivity index (χ4n) is 11.2. The number of nitrogens with one attached hydrogen (secondary N) is 1. The summed E-state index contributed by atoms with van der Waals surface area (Å²) in [5.74, 6) is 1.81. The van der Waals surface area contributed by atoms with E-state index in [-0.39, 0.29) is 5.41 Å². The minimum Gasteiger partial charge on any atom is -0.344 e. The van der Waals surface area contributed by atoms with Crippen molar-refractivity contribution in [3.05, 3.63) is 200 Å². The number of nitriles is 1. The van der Waals surface area contributed by atoms with Crippen molar-refractivity contribution >= 4 is 56.0 Å². The molecule has 2 unspecified atom stereocenters. The summed E-state index contributed by atoms with van der Waals surface area (Å²) in [6, 6.07) is 44.4. The Kier molecular flexibility index (Phi) is 8.74. The molecule has 65 heavy (non-hydrogen) atoms. The van der Waals surface area contributed by atoms with Gasteiger partial charge in [0.15, 0.2) is 5.84 Å². The zero-order valence-electron chi connectivity index (χ0n) is 37.8. The van der Waals surface area contributed by atoms with Gasteiger partial charge in [0.1, 0.15) is 18.1 Å². The lowest BCUT2D eigenvalue weighted by Crippen LogP contribution is -2.34. The zero-order chi connectivity index (χ0) is 44.3. The predicted molar refractivity (Wildman–Crippen MR) is 269 cm³/mol. The molecule has 1 N–H and O–H groups in total. The molecule has 6 aromatic carbocycles. The highest BCUT2D eigenvalue weighted by Gasteiger charge is 2.39. The van der Waals surface area contributed by atoms with Gasteiger partial charge in [-0.1, -0.05) is 116 Å². The number of rotatable bonds is 5. The molecule has 316 valence electrons. The Labute approximate surface area is 380 Å². The van der Waals surface area contributed by atoms with Crippen molar-refractivity contribution in [2.24, 2.45) is 15.9 Å². The Bertz CT molecular complexity index is 3520. The summed E-state index contributed by atoms with van der Waals surface area (Å²) < 4.78 is 4.73. The van der Waals surface area contributed by atoms with E-state index in [1.165, 1.54) is 60.7 Å². The highest BCUT2D eigenvalue weighted by Crippen LogP contribution is 2.52. The van der Waals surface area contributed by atoms with Crippen LogP contribution >= 0.6 is 0 Å². The van der Waals surface area contributed by atoms with E-state index in [9.17, 15) is 5.26 Å². The minimum atomic E-state index is -0.592. The molecule has 12 rings (SSSR count). The van der Waals surface area contributed by atoms with Gasteiger partial charge in [-0.3, -0.25) is 0 Å². The lowest BCUT2D eigenvalue weighted by atomic mass is 9.80. The number of hydrogen-bond donors (Lipinski definition) is 1. The lowest BCUT2D eigenvalue weighted by Gasteiger charge is -2.28. The summed E-state index contributed by atoms with van der Waals surface area (Å²) in [6.07, 6.45) is 11.9. The van der Waals surface area contributed by atoms with Crippen molar-refractivity contribution in [2.45, 2.75) is 72.4 Å². The number of hydrogen-bond acceptors (Lipinski definition) is 4. The molecule has 2 atom stereocenters. The van der Waals surface area contributed by atoms with Gasteiger partial charge in [0.2, 0.25) is 0 Å². The van der Waals surface area contributed by atoms with Gasteiger partial charge in [0, 0.05) is 44.0 Å². The average Bonchev–Trinajstić information content (AvgIpc) is 3.89. The number of nitrogens with zero attached hydrogens (tertiary/aromatic N) is 5. The maximum absolute atomic E-state index is 11.3. The first-order chi connectivity index (χ1) is 31.5. The summed E-state index contributed by atoms with van der Waals surface area (Å²) in [7, 11) is 0. The molecule has 0 bridgehead atoms. The van der Waals surface area contributed by atoms with Gasteiger partial charge in [0.25, 0.3) is 0 Å². The Hall–Kier alpha value is -7.49. The molecule has 2 aromatic heterocycles.